The van der Waals surface area contributed by atoms with Crippen LogP contribution in [0.3, 0.4) is 0 Å². The van der Waals surface area contributed by atoms with Crippen molar-refractivity contribution in [2.24, 2.45) is 33.6 Å². The lowest BCUT2D eigenvalue weighted by molar-refractivity contribution is -0.237. The first-order chi connectivity index (χ1) is 16.1. The maximum Gasteiger partial charge on any atom is 0.331 e. The highest BCUT2D eigenvalue weighted by Crippen LogP contribution is 2.70. The van der Waals surface area contributed by atoms with E-state index >= 15 is 0 Å². The average Bonchev–Trinajstić information content (AvgIpc) is 3.34. The van der Waals surface area contributed by atoms with Crippen LogP contribution in [-0.2, 0) is 9.53 Å². The number of rotatable bonds is 5. The first-order valence-electron chi connectivity index (χ1n) is 13.3. The third-order valence-electron chi connectivity index (χ3n) is 10.8. The fourth-order valence-electron chi connectivity index (χ4n) is 8.88. The SMILES string of the molecule is CC[C@H](CO)N=C[C@]12CC[C@H](O)C[C@]1(O)CC[C@@H]1[C@@H]2CC[C@]2(C)[C@H](C3=CC(=O)OC3)CC[C@@]12O. The summed E-state index contributed by atoms with van der Waals surface area (Å²) >= 11 is 0. The van der Waals surface area contributed by atoms with Gasteiger partial charge in [0, 0.05) is 29.5 Å². The molecule has 4 N–H and O–H groups in total. The van der Waals surface area contributed by atoms with E-state index in [9.17, 15) is 25.2 Å². The zero-order valence-electron chi connectivity index (χ0n) is 20.6. The number of nitrogens with zero attached hydrogens (tertiary/aromatic N) is 1. The van der Waals surface area contributed by atoms with Crippen LogP contribution in [0.25, 0.3) is 0 Å². The minimum atomic E-state index is -1.06. The van der Waals surface area contributed by atoms with Crippen molar-refractivity contribution in [3.8, 4) is 0 Å². The van der Waals surface area contributed by atoms with Crippen molar-refractivity contribution in [3.05, 3.63) is 11.6 Å². The molecule has 5 rings (SSSR count). The molecule has 0 aromatic rings. The maximum atomic E-state index is 12.4. The summed E-state index contributed by atoms with van der Waals surface area (Å²) in [7, 11) is 0. The third kappa shape index (κ3) is 3.30. The molecule has 0 aromatic carbocycles. The van der Waals surface area contributed by atoms with Crippen molar-refractivity contribution in [3.63, 3.8) is 0 Å². The molecule has 0 aromatic heterocycles. The molecular weight excluding hydrogens is 434 g/mol. The van der Waals surface area contributed by atoms with E-state index in [2.05, 4.69) is 6.92 Å². The van der Waals surface area contributed by atoms with Gasteiger partial charge >= 0.3 is 5.97 Å². The van der Waals surface area contributed by atoms with Gasteiger partial charge in [-0.05, 0) is 81.1 Å². The van der Waals surface area contributed by atoms with Gasteiger partial charge in [0.15, 0.2) is 0 Å². The van der Waals surface area contributed by atoms with Crippen LogP contribution in [0.4, 0.5) is 0 Å². The van der Waals surface area contributed by atoms with Crippen molar-refractivity contribution in [1.29, 1.82) is 0 Å². The van der Waals surface area contributed by atoms with Crippen molar-refractivity contribution >= 4 is 12.2 Å². The summed E-state index contributed by atoms with van der Waals surface area (Å²) < 4.78 is 5.22. The van der Waals surface area contributed by atoms with Gasteiger partial charge < -0.3 is 25.2 Å². The minimum Gasteiger partial charge on any atom is -0.458 e. The molecule has 1 aliphatic heterocycles. The van der Waals surface area contributed by atoms with E-state index in [1.807, 2.05) is 13.1 Å². The first kappa shape index (κ1) is 24.4. The summed E-state index contributed by atoms with van der Waals surface area (Å²) in [5.74, 6) is -0.0740. The van der Waals surface area contributed by atoms with E-state index in [0.29, 0.717) is 45.1 Å². The predicted molar refractivity (Wildman–Crippen MR) is 127 cm³/mol. The van der Waals surface area contributed by atoms with E-state index < -0.39 is 22.7 Å². The predicted octanol–water partition coefficient (Wildman–Crippen LogP) is 2.54. The molecule has 4 saturated carbocycles. The number of esters is 1. The van der Waals surface area contributed by atoms with Gasteiger partial charge in [-0.3, -0.25) is 4.99 Å². The molecule has 0 spiro atoms. The van der Waals surface area contributed by atoms with Crippen molar-refractivity contribution in [1.82, 2.24) is 0 Å². The smallest absolute Gasteiger partial charge is 0.331 e. The van der Waals surface area contributed by atoms with Gasteiger partial charge in [0.1, 0.15) is 6.61 Å². The van der Waals surface area contributed by atoms with E-state index in [1.54, 1.807) is 6.08 Å². The largest absolute Gasteiger partial charge is 0.458 e. The van der Waals surface area contributed by atoms with Crippen molar-refractivity contribution < 1.29 is 30.0 Å². The van der Waals surface area contributed by atoms with Gasteiger partial charge in [0.25, 0.3) is 0 Å². The normalized spacial score (nSPS) is 49.2. The fraction of sp³-hybridized carbons (Fsp3) is 0.852. The highest BCUT2D eigenvalue weighted by Gasteiger charge is 2.71. The number of aliphatic imine (C=N–C) groups is 1. The lowest BCUT2D eigenvalue weighted by atomic mass is 9.41. The van der Waals surface area contributed by atoms with Crippen molar-refractivity contribution in [2.75, 3.05) is 13.2 Å². The van der Waals surface area contributed by atoms with Crippen LogP contribution in [0.15, 0.2) is 16.6 Å². The van der Waals surface area contributed by atoms with E-state index in [4.69, 9.17) is 9.73 Å². The molecule has 1 heterocycles. The highest BCUT2D eigenvalue weighted by molar-refractivity contribution is 5.85. The molecule has 4 fully saturated rings. The number of fused-ring (bicyclic) bond motifs is 5. The Morgan fingerprint density at radius 2 is 1.91 bits per heavy atom. The Morgan fingerprint density at radius 1 is 1.15 bits per heavy atom. The van der Waals surface area contributed by atoms with E-state index in [-0.39, 0.29) is 41.8 Å². The van der Waals surface area contributed by atoms with Gasteiger partial charge in [-0.15, -0.1) is 0 Å². The lowest BCUT2D eigenvalue weighted by Gasteiger charge is -2.65. The standard InChI is InChI=1S/C27H41NO6/c1-3-18(14-29)28-16-25-9-4-19(30)13-26(25,32)10-6-22-21(25)5-8-24(2)20(7-11-27(22,24)33)17-12-23(31)34-15-17/h12,16,18-22,29-30,32-33H,3-11,13-15H2,1-2H3/t18-,19+,20+,21+,22-,24-,25+,26-,27-/m1/s1. The van der Waals surface area contributed by atoms with Crippen LogP contribution in [0.1, 0.15) is 78.1 Å². The monoisotopic (exact) mass is 475 g/mol. The molecule has 190 valence electrons. The molecule has 5 aliphatic rings. The Hall–Kier alpha value is -1.28. The van der Waals surface area contributed by atoms with E-state index in [0.717, 1.165) is 31.3 Å². The van der Waals surface area contributed by atoms with Crippen LogP contribution in [0.2, 0.25) is 0 Å². The number of hydrogen-bond donors (Lipinski definition) is 4. The number of ether oxygens (including phenoxy) is 1. The lowest BCUT2D eigenvalue weighted by Crippen LogP contribution is -2.68. The number of carbonyl (C=O) groups is 1. The number of hydrogen-bond acceptors (Lipinski definition) is 7. The fourth-order valence-corrected chi connectivity index (χ4v) is 8.88. The van der Waals surface area contributed by atoms with Crippen LogP contribution in [-0.4, -0.2) is 69.2 Å². The quantitative estimate of drug-likeness (QED) is 0.358. The molecule has 0 saturated heterocycles. The maximum absolute atomic E-state index is 12.4. The highest BCUT2D eigenvalue weighted by atomic mass is 16.5. The first-order valence-corrected chi connectivity index (χ1v) is 13.3. The molecular formula is C27H41NO6. The number of cyclic esters (lactones) is 1. The van der Waals surface area contributed by atoms with Gasteiger partial charge in [-0.25, -0.2) is 4.79 Å². The molecule has 0 unspecified atom stereocenters. The zero-order valence-corrected chi connectivity index (χ0v) is 20.6. The van der Waals surface area contributed by atoms with Gasteiger partial charge in [-0.1, -0.05) is 13.8 Å². The summed E-state index contributed by atoms with van der Waals surface area (Å²) in [6, 6.07) is -0.203. The molecule has 7 nitrogen and oxygen atoms in total. The topological polar surface area (TPSA) is 120 Å². The van der Waals surface area contributed by atoms with Crippen LogP contribution in [0, 0.1) is 28.6 Å². The second-order valence-corrected chi connectivity index (χ2v) is 12.0. The van der Waals surface area contributed by atoms with Gasteiger partial charge in [0.05, 0.1) is 30.0 Å². The Balaban J connectivity index is 1.53. The van der Waals surface area contributed by atoms with Crippen LogP contribution in [0.5, 0.6) is 0 Å². The second-order valence-electron chi connectivity index (χ2n) is 12.0. The molecule has 0 bridgehead atoms. The molecule has 9 atom stereocenters. The molecule has 0 radical (unpaired) electrons. The Bertz CT molecular complexity index is 884. The second kappa shape index (κ2) is 8.39. The molecule has 0 amide bonds. The molecule has 7 heteroatoms. The van der Waals surface area contributed by atoms with Gasteiger partial charge in [0.2, 0.25) is 0 Å². The number of aliphatic hydroxyl groups is 4. The van der Waals surface area contributed by atoms with Gasteiger partial charge in [-0.2, -0.15) is 0 Å². The third-order valence-corrected chi connectivity index (χ3v) is 10.8. The average molecular weight is 476 g/mol. The van der Waals surface area contributed by atoms with Crippen LogP contribution >= 0.6 is 0 Å². The van der Waals surface area contributed by atoms with Crippen molar-refractivity contribution in [2.45, 2.75) is 101 Å². The molecule has 34 heavy (non-hydrogen) atoms. The summed E-state index contributed by atoms with van der Waals surface area (Å²) in [5.41, 5.74) is -1.88. The Labute approximate surface area is 202 Å². The summed E-state index contributed by atoms with van der Waals surface area (Å²) in [4.78, 5) is 16.5. The summed E-state index contributed by atoms with van der Waals surface area (Å²) in [6.45, 7) is 4.49. The van der Waals surface area contributed by atoms with Crippen LogP contribution < -0.4 is 0 Å². The molecule has 4 aliphatic carbocycles. The summed E-state index contributed by atoms with van der Waals surface area (Å²) in [6.07, 6.45) is 9.79. The Kier molecular flexibility index (Phi) is 6.03. The Morgan fingerprint density at radius 3 is 2.59 bits per heavy atom. The number of aliphatic hydroxyl groups excluding tert-OH is 2. The summed E-state index contributed by atoms with van der Waals surface area (Å²) in [5, 5.41) is 44.6. The minimum absolute atomic E-state index is 0.0195. The zero-order chi connectivity index (χ0) is 24.4. The number of carbonyl (C=O) groups excluding carboxylic acids is 1. The van der Waals surface area contributed by atoms with E-state index in [1.165, 1.54) is 0 Å².